The first-order valence-corrected chi connectivity index (χ1v) is 5.12. The van der Waals surface area contributed by atoms with Crippen molar-refractivity contribution in [2.45, 2.75) is 32.9 Å². The molecule has 17 heavy (non-hydrogen) atoms. The van der Waals surface area contributed by atoms with Crippen LogP contribution in [-0.4, -0.2) is 10.9 Å². The van der Waals surface area contributed by atoms with Gasteiger partial charge in [0.05, 0.1) is 0 Å². The van der Waals surface area contributed by atoms with Gasteiger partial charge in [-0.1, -0.05) is 26.8 Å². The molecule has 0 aromatic heterocycles. The second-order valence-electron chi connectivity index (χ2n) is 4.24. The van der Waals surface area contributed by atoms with E-state index in [0.717, 1.165) is 11.6 Å². The van der Waals surface area contributed by atoms with E-state index in [-0.39, 0.29) is 90.7 Å². The average Bonchev–Trinajstić information content (AvgIpc) is 2.44. The van der Waals surface area contributed by atoms with Gasteiger partial charge in [0, 0.05) is 26.2 Å². The maximum absolute atomic E-state index is 13.5. The van der Waals surface area contributed by atoms with Gasteiger partial charge in [-0.2, -0.15) is 0 Å². The summed E-state index contributed by atoms with van der Waals surface area (Å²) in [6, 6.07) is 2.69. The van der Waals surface area contributed by atoms with Crippen LogP contribution in [0.4, 0.5) is 8.78 Å². The van der Waals surface area contributed by atoms with Crippen molar-refractivity contribution in [1.29, 1.82) is 0 Å². The molecule has 0 bridgehead atoms. The summed E-state index contributed by atoms with van der Waals surface area (Å²) in [6.07, 6.45) is 0. The van der Waals surface area contributed by atoms with Crippen molar-refractivity contribution in [2.75, 3.05) is 0 Å². The van der Waals surface area contributed by atoms with E-state index in [0.29, 0.717) is 5.56 Å². The first-order chi connectivity index (χ1) is 7.00. The van der Waals surface area contributed by atoms with Gasteiger partial charge in [-0.15, -0.1) is 17.7 Å². The SMILES string of the molecule is CC(C)N1[CH-]c2c(F)cc(F)cc2C1C.[Rb+].[Re]. The fraction of sp³-hybridized carbons (Fsp3) is 0.417. The minimum absolute atomic E-state index is 0. The van der Waals surface area contributed by atoms with Crippen molar-refractivity contribution in [1.82, 2.24) is 4.90 Å². The molecule has 0 aliphatic carbocycles. The Morgan fingerprint density at radius 2 is 1.88 bits per heavy atom. The number of rotatable bonds is 1. The molecule has 0 saturated heterocycles. The van der Waals surface area contributed by atoms with E-state index in [1.54, 1.807) is 6.54 Å². The quantitative estimate of drug-likeness (QED) is 0.520. The third-order valence-corrected chi connectivity index (χ3v) is 2.90. The van der Waals surface area contributed by atoms with E-state index in [2.05, 4.69) is 0 Å². The first-order valence-electron chi connectivity index (χ1n) is 5.12. The number of benzene rings is 1. The molecular formula is C12H14F2NRbRe. The second kappa shape index (κ2) is 7.24. The summed E-state index contributed by atoms with van der Waals surface area (Å²) in [4.78, 5) is 2.03. The van der Waals surface area contributed by atoms with Crippen LogP contribution in [-0.2, 0) is 20.4 Å². The summed E-state index contributed by atoms with van der Waals surface area (Å²) in [5.74, 6) is -0.975. The van der Waals surface area contributed by atoms with Gasteiger partial charge in [0.15, 0.2) is 0 Å². The molecule has 0 fully saturated rings. The van der Waals surface area contributed by atoms with Gasteiger partial charge in [0.1, 0.15) is 5.82 Å². The predicted molar refractivity (Wildman–Crippen MR) is 55.2 cm³/mol. The molecule has 5 heteroatoms. The van der Waals surface area contributed by atoms with Gasteiger partial charge in [-0.05, 0) is 18.2 Å². The van der Waals surface area contributed by atoms with Gasteiger partial charge in [-0.25, -0.2) is 4.39 Å². The Hall–Kier alpha value is 1.38. The van der Waals surface area contributed by atoms with E-state index in [1.807, 2.05) is 25.7 Å². The molecule has 0 saturated carbocycles. The predicted octanol–water partition coefficient (Wildman–Crippen LogP) is 0.261. The number of nitrogens with zero attached hydrogens (tertiary/aromatic N) is 1. The van der Waals surface area contributed by atoms with Crippen LogP contribution >= 0.6 is 0 Å². The summed E-state index contributed by atoms with van der Waals surface area (Å²) >= 11 is 0. The third kappa shape index (κ3) is 3.69. The molecule has 1 radical (unpaired) electrons. The smallest absolute Gasteiger partial charge is 0.335 e. The molecule has 1 nitrogen and oxygen atoms in total. The molecule has 0 N–H and O–H groups in total. The molecule has 1 atom stereocenters. The van der Waals surface area contributed by atoms with Crippen LogP contribution in [0.25, 0.3) is 0 Å². The topological polar surface area (TPSA) is 3.24 Å². The normalized spacial score (nSPS) is 18.1. The fourth-order valence-electron chi connectivity index (χ4n) is 2.10. The van der Waals surface area contributed by atoms with Crippen LogP contribution in [0.1, 0.15) is 37.9 Å². The number of halogens is 2. The molecule has 1 aliphatic heterocycles. The van der Waals surface area contributed by atoms with Crippen molar-refractivity contribution >= 4 is 0 Å². The average molecular weight is 482 g/mol. The maximum atomic E-state index is 13.5. The van der Waals surface area contributed by atoms with Gasteiger partial charge >= 0.3 is 58.2 Å². The van der Waals surface area contributed by atoms with Crippen molar-refractivity contribution in [3.63, 3.8) is 0 Å². The maximum Gasteiger partial charge on any atom is 1.00 e. The Balaban J connectivity index is 0.00000128. The molecule has 1 aromatic carbocycles. The van der Waals surface area contributed by atoms with Crippen LogP contribution in [0.3, 0.4) is 0 Å². The third-order valence-electron chi connectivity index (χ3n) is 2.90. The van der Waals surface area contributed by atoms with Gasteiger partial charge in [0.25, 0.3) is 0 Å². The van der Waals surface area contributed by atoms with Crippen LogP contribution in [0.5, 0.6) is 0 Å². The zero-order valence-corrected chi connectivity index (χ0v) is 18.1. The molecule has 1 aromatic rings. The zero-order valence-electron chi connectivity index (χ0n) is 10.5. The Kier molecular flexibility index (Phi) is 7.82. The Bertz CT molecular complexity index is 398. The van der Waals surface area contributed by atoms with E-state index < -0.39 is 11.6 Å². The zero-order chi connectivity index (χ0) is 11.2. The molecule has 0 spiro atoms. The molecular weight excluding hydrogens is 468 g/mol. The fourth-order valence-corrected chi connectivity index (χ4v) is 2.10. The van der Waals surface area contributed by atoms with Gasteiger partial charge in [0.2, 0.25) is 0 Å². The molecule has 1 aliphatic rings. The summed E-state index contributed by atoms with van der Waals surface area (Å²) in [5, 5.41) is 0. The summed E-state index contributed by atoms with van der Waals surface area (Å²) in [5.41, 5.74) is 1.26. The minimum Gasteiger partial charge on any atom is -0.335 e. The molecule has 0 amide bonds. The molecule has 2 rings (SSSR count). The van der Waals surface area contributed by atoms with E-state index in [4.69, 9.17) is 0 Å². The van der Waals surface area contributed by atoms with Crippen molar-refractivity contribution in [3.05, 3.63) is 41.4 Å². The van der Waals surface area contributed by atoms with Crippen LogP contribution in [0, 0.1) is 18.2 Å². The number of hydrogen-bond acceptors (Lipinski definition) is 1. The molecule has 89 valence electrons. The minimum atomic E-state index is -0.503. The first kappa shape index (κ1) is 18.4. The van der Waals surface area contributed by atoms with E-state index >= 15 is 0 Å². The van der Waals surface area contributed by atoms with Crippen molar-refractivity contribution in [3.8, 4) is 0 Å². The van der Waals surface area contributed by atoms with E-state index in [9.17, 15) is 8.78 Å². The van der Waals surface area contributed by atoms with Crippen molar-refractivity contribution < 1.29 is 87.4 Å². The Morgan fingerprint density at radius 1 is 1.29 bits per heavy atom. The van der Waals surface area contributed by atoms with Crippen molar-refractivity contribution in [2.24, 2.45) is 0 Å². The van der Waals surface area contributed by atoms with Crippen LogP contribution < -0.4 is 58.2 Å². The number of fused-ring (bicyclic) bond motifs is 1. The summed E-state index contributed by atoms with van der Waals surface area (Å²) in [6.45, 7) is 7.81. The van der Waals surface area contributed by atoms with Gasteiger partial charge < -0.3 is 4.90 Å². The molecule has 1 unspecified atom stereocenters. The molecule has 1 heterocycles. The number of hydrogen-bond donors (Lipinski definition) is 0. The second-order valence-corrected chi connectivity index (χ2v) is 4.24. The Labute approximate surface area is 164 Å². The summed E-state index contributed by atoms with van der Waals surface area (Å²) < 4.78 is 26.5. The summed E-state index contributed by atoms with van der Waals surface area (Å²) in [7, 11) is 0. The van der Waals surface area contributed by atoms with Crippen LogP contribution in [0.15, 0.2) is 12.1 Å². The monoisotopic (exact) mass is 482 g/mol. The van der Waals surface area contributed by atoms with Gasteiger partial charge in [-0.3, -0.25) is 4.39 Å². The largest absolute Gasteiger partial charge is 1.00 e. The standard InChI is InChI=1S/C12H14F2N.Rb.Re/c1-7(2)15-6-11-10(8(15)3)4-9(13)5-12(11)14;;/h4-8H,1-3H3;;/q-1;+1;. The van der Waals surface area contributed by atoms with E-state index in [1.165, 1.54) is 6.07 Å². The Morgan fingerprint density at radius 3 is 2.41 bits per heavy atom. The van der Waals surface area contributed by atoms with Crippen LogP contribution in [0.2, 0.25) is 0 Å².